The van der Waals surface area contributed by atoms with Gasteiger partial charge in [0.1, 0.15) is 5.82 Å². The predicted molar refractivity (Wildman–Crippen MR) is 57.0 cm³/mol. The molecule has 1 aromatic rings. The summed E-state index contributed by atoms with van der Waals surface area (Å²) < 4.78 is 12.7. The fraction of sp³-hybridized carbons (Fsp3) is 0.500. The molecule has 15 heavy (non-hydrogen) atoms. The van der Waals surface area contributed by atoms with E-state index in [9.17, 15) is 4.39 Å². The predicted octanol–water partition coefficient (Wildman–Crippen LogP) is 1.23. The molecule has 2 aliphatic heterocycles. The maximum Gasteiger partial charge on any atom is 0.123 e. The van der Waals surface area contributed by atoms with Crippen LogP contribution in [-0.4, -0.2) is 31.1 Å². The van der Waals surface area contributed by atoms with Crippen molar-refractivity contribution in [3.63, 3.8) is 0 Å². The van der Waals surface area contributed by atoms with Gasteiger partial charge >= 0.3 is 0 Å². The third-order valence-corrected chi connectivity index (χ3v) is 3.44. The van der Waals surface area contributed by atoms with Crippen molar-refractivity contribution >= 4 is 0 Å². The Bertz CT molecular complexity index is 348. The zero-order valence-corrected chi connectivity index (χ0v) is 8.67. The second-order valence-corrected chi connectivity index (χ2v) is 4.88. The van der Waals surface area contributed by atoms with Crippen LogP contribution >= 0.6 is 0 Å². The molecule has 1 aromatic carbocycles. The van der Waals surface area contributed by atoms with Crippen molar-refractivity contribution in [3.8, 4) is 0 Å². The summed E-state index contributed by atoms with van der Waals surface area (Å²) in [6, 6.07) is 6.82. The molecule has 2 fully saturated rings. The molecule has 3 heteroatoms. The molecule has 2 saturated heterocycles. The molecule has 1 N–H and O–H groups in total. The Balaban J connectivity index is 1.56. The van der Waals surface area contributed by atoms with Gasteiger partial charge in [-0.3, -0.25) is 4.90 Å². The van der Waals surface area contributed by atoms with Gasteiger partial charge in [-0.15, -0.1) is 0 Å². The van der Waals surface area contributed by atoms with Crippen LogP contribution < -0.4 is 5.32 Å². The first-order valence-corrected chi connectivity index (χ1v) is 5.43. The minimum absolute atomic E-state index is 0.151. The van der Waals surface area contributed by atoms with Crippen LogP contribution in [0.5, 0.6) is 0 Å². The zero-order valence-electron chi connectivity index (χ0n) is 8.67. The van der Waals surface area contributed by atoms with E-state index < -0.39 is 0 Å². The second kappa shape index (κ2) is 3.29. The summed E-state index contributed by atoms with van der Waals surface area (Å²) >= 11 is 0. The van der Waals surface area contributed by atoms with E-state index in [1.165, 1.54) is 43.9 Å². The molecule has 2 aliphatic rings. The molecular weight excluding hydrogens is 191 g/mol. The Morgan fingerprint density at radius 3 is 2.40 bits per heavy atom. The van der Waals surface area contributed by atoms with Crippen LogP contribution in [0.15, 0.2) is 24.3 Å². The number of benzene rings is 1. The summed E-state index contributed by atoms with van der Waals surface area (Å²) in [6.45, 7) is 5.69. The number of halogens is 1. The number of likely N-dealkylation sites (tertiary alicyclic amines) is 1. The second-order valence-electron chi connectivity index (χ2n) is 4.88. The zero-order chi connectivity index (χ0) is 10.3. The van der Waals surface area contributed by atoms with E-state index in [-0.39, 0.29) is 5.82 Å². The maximum atomic E-state index is 12.7. The van der Waals surface area contributed by atoms with Crippen LogP contribution in [0.3, 0.4) is 0 Å². The van der Waals surface area contributed by atoms with E-state index in [2.05, 4.69) is 10.2 Å². The molecule has 0 bridgehead atoms. The lowest BCUT2D eigenvalue weighted by atomic mass is 9.74. The third-order valence-electron chi connectivity index (χ3n) is 3.44. The maximum absolute atomic E-state index is 12.7. The monoisotopic (exact) mass is 206 g/mol. The van der Waals surface area contributed by atoms with Crippen LogP contribution in [0.25, 0.3) is 0 Å². The van der Waals surface area contributed by atoms with E-state index in [0.717, 1.165) is 6.54 Å². The summed E-state index contributed by atoms with van der Waals surface area (Å²) in [5.74, 6) is -0.151. The minimum Gasteiger partial charge on any atom is -0.315 e. The molecule has 3 rings (SSSR count). The van der Waals surface area contributed by atoms with Crippen LogP contribution in [-0.2, 0) is 6.54 Å². The molecule has 2 nitrogen and oxygen atoms in total. The van der Waals surface area contributed by atoms with Gasteiger partial charge in [-0.1, -0.05) is 12.1 Å². The molecule has 0 amide bonds. The Hall–Kier alpha value is -0.930. The van der Waals surface area contributed by atoms with Gasteiger partial charge < -0.3 is 5.32 Å². The van der Waals surface area contributed by atoms with Crippen LogP contribution in [0, 0.1) is 11.2 Å². The van der Waals surface area contributed by atoms with Crippen molar-refractivity contribution < 1.29 is 4.39 Å². The minimum atomic E-state index is -0.151. The van der Waals surface area contributed by atoms with E-state index in [1.54, 1.807) is 0 Å². The summed E-state index contributed by atoms with van der Waals surface area (Å²) in [4.78, 5) is 2.42. The Morgan fingerprint density at radius 1 is 1.20 bits per heavy atom. The summed E-state index contributed by atoms with van der Waals surface area (Å²) in [7, 11) is 0. The molecule has 1 spiro atoms. The Labute approximate surface area is 89.1 Å². The number of nitrogens with zero attached hydrogens (tertiary/aromatic N) is 1. The molecule has 0 saturated carbocycles. The fourth-order valence-corrected chi connectivity index (χ4v) is 2.56. The molecular formula is C12H15FN2. The summed E-state index contributed by atoms with van der Waals surface area (Å²) in [6.07, 6.45) is 0. The van der Waals surface area contributed by atoms with Gasteiger partial charge in [0, 0.05) is 38.1 Å². The average molecular weight is 206 g/mol. The summed E-state index contributed by atoms with van der Waals surface area (Å²) in [5, 5.41) is 3.32. The van der Waals surface area contributed by atoms with E-state index in [0.29, 0.717) is 5.41 Å². The lowest BCUT2D eigenvalue weighted by Crippen LogP contribution is -2.70. The molecule has 0 atom stereocenters. The van der Waals surface area contributed by atoms with Gasteiger partial charge in [0.25, 0.3) is 0 Å². The molecule has 0 radical (unpaired) electrons. The van der Waals surface area contributed by atoms with Crippen molar-refractivity contribution in [2.45, 2.75) is 6.54 Å². The van der Waals surface area contributed by atoms with E-state index in [1.807, 2.05) is 12.1 Å². The van der Waals surface area contributed by atoms with Crippen molar-refractivity contribution in [1.29, 1.82) is 0 Å². The SMILES string of the molecule is Fc1ccc(CN2CC3(CNC3)C2)cc1. The van der Waals surface area contributed by atoms with E-state index in [4.69, 9.17) is 0 Å². The lowest BCUT2D eigenvalue weighted by molar-refractivity contribution is -0.0444. The van der Waals surface area contributed by atoms with Crippen LogP contribution in [0.4, 0.5) is 4.39 Å². The van der Waals surface area contributed by atoms with Crippen molar-refractivity contribution in [2.75, 3.05) is 26.2 Å². The first-order chi connectivity index (χ1) is 7.26. The first kappa shape index (κ1) is 9.31. The highest BCUT2D eigenvalue weighted by Crippen LogP contribution is 2.34. The van der Waals surface area contributed by atoms with Crippen molar-refractivity contribution in [3.05, 3.63) is 35.6 Å². The van der Waals surface area contributed by atoms with Gasteiger partial charge in [0.2, 0.25) is 0 Å². The highest BCUT2D eigenvalue weighted by molar-refractivity contribution is 5.17. The standard InChI is InChI=1S/C12H15FN2/c13-11-3-1-10(2-4-11)5-15-8-12(9-15)6-14-7-12/h1-4,14H,5-9H2. The molecule has 80 valence electrons. The molecule has 0 aromatic heterocycles. The van der Waals surface area contributed by atoms with Gasteiger partial charge in [0.15, 0.2) is 0 Å². The number of nitrogens with one attached hydrogen (secondary N) is 1. The highest BCUT2D eigenvalue weighted by atomic mass is 19.1. The number of hydrogen-bond acceptors (Lipinski definition) is 2. The molecule has 2 heterocycles. The fourth-order valence-electron chi connectivity index (χ4n) is 2.56. The van der Waals surface area contributed by atoms with Gasteiger partial charge in [-0.2, -0.15) is 0 Å². The van der Waals surface area contributed by atoms with Crippen molar-refractivity contribution in [2.24, 2.45) is 5.41 Å². The summed E-state index contributed by atoms with van der Waals surface area (Å²) in [5.41, 5.74) is 1.79. The Kier molecular flexibility index (Phi) is 2.04. The Morgan fingerprint density at radius 2 is 1.87 bits per heavy atom. The largest absolute Gasteiger partial charge is 0.315 e. The van der Waals surface area contributed by atoms with Gasteiger partial charge in [0.05, 0.1) is 0 Å². The normalized spacial score (nSPS) is 23.5. The average Bonchev–Trinajstić information content (AvgIpc) is 2.10. The first-order valence-electron chi connectivity index (χ1n) is 5.43. The van der Waals surface area contributed by atoms with Crippen molar-refractivity contribution in [1.82, 2.24) is 10.2 Å². The van der Waals surface area contributed by atoms with Gasteiger partial charge in [-0.25, -0.2) is 4.39 Å². The van der Waals surface area contributed by atoms with Gasteiger partial charge in [-0.05, 0) is 17.7 Å². The van der Waals surface area contributed by atoms with Crippen LogP contribution in [0.1, 0.15) is 5.56 Å². The number of rotatable bonds is 2. The van der Waals surface area contributed by atoms with E-state index >= 15 is 0 Å². The van der Waals surface area contributed by atoms with Crippen LogP contribution in [0.2, 0.25) is 0 Å². The smallest absolute Gasteiger partial charge is 0.123 e. The number of hydrogen-bond donors (Lipinski definition) is 1. The quantitative estimate of drug-likeness (QED) is 0.783. The lowest BCUT2D eigenvalue weighted by Gasteiger charge is -2.56. The topological polar surface area (TPSA) is 15.3 Å². The third kappa shape index (κ3) is 1.66. The molecule has 0 aliphatic carbocycles. The molecule has 0 unspecified atom stereocenters. The highest BCUT2D eigenvalue weighted by Gasteiger charge is 2.46.